The van der Waals surface area contributed by atoms with Crippen molar-refractivity contribution >= 4 is 34.3 Å². The van der Waals surface area contributed by atoms with Gasteiger partial charge >= 0.3 is 6.18 Å². The van der Waals surface area contributed by atoms with Crippen LogP contribution in [0.1, 0.15) is 11.4 Å². The van der Waals surface area contributed by atoms with Crippen molar-refractivity contribution in [2.75, 3.05) is 11.1 Å². The van der Waals surface area contributed by atoms with Crippen LogP contribution < -0.4 is 10.1 Å². The number of carbonyl (C=O) groups is 1. The highest BCUT2D eigenvalue weighted by Gasteiger charge is 2.30. The lowest BCUT2D eigenvalue weighted by Crippen LogP contribution is -2.15. The molecule has 3 aromatic carbocycles. The van der Waals surface area contributed by atoms with Gasteiger partial charge in [-0.1, -0.05) is 54.2 Å². The van der Waals surface area contributed by atoms with Crippen molar-refractivity contribution in [1.29, 1.82) is 0 Å². The van der Waals surface area contributed by atoms with Gasteiger partial charge in [-0.3, -0.25) is 14.3 Å². The molecule has 1 amide bonds. The molecule has 0 bridgehead atoms. The van der Waals surface area contributed by atoms with E-state index in [4.69, 9.17) is 4.74 Å². The highest BCUT2D eigenvalue weighted by molar-refractivity contribution is 7.99. The van der Waals surface area contributed by atoms with Gasteiger partial charge in [-0.15, -0.1) is 10.2 Å². The molecular formula is C27H20F3N5O2S. The minimum atomic E-state index is -4.50. The minimum absolute atomic E-state index is 0.0627. The smallest absolute Gasteiger partial charge is 0.416 e. The SMILES string of the molecule is O=C(CSc1nnc(COc2cccc3cccnc23)n1-c1ccccc1)Nc1cccc(C(F)(F)F)c1. The van der Waals surface area contributed by atoms with E-state index in [-0.39, 0.29) is 18.0 Å². The van der Waals surface area contributed by atoms with Crippen molar-refractivity contribution in [3.8, 4) is 11.4 Å². The molecule has 0 aliphatic rings. The van der Waals surface area contributed by atoms with Crippen LogP contribution in [0, 0.1) is 0 Å². The molecule has 0 unspecified atom stereocenters. The topological polar surface area (TPSA) is 81.9 Å². The summed E-state index contributed by atoms with van der Waals surface area (Å²) in [4.78, 5) is 16.9. The summed E-state index contributed by atoms with van der Waals surface area (Å²) in [5.41, 5.74) is 0.722. The fourth-order valence-corrected chi connectivity index (χ4v) is 4.53. The number of fused-ring (bicyclic) bond motifs is 1. The van der Waals surface area contributed by atoms with E-state index in [2.05, 4.69) is 20.5 Å². The quantitative estimate of drug-likeness (QED) is 0.240. The number of benzene rings is 3. The van der Waals surface area contributed by atoms with Crippen molar-refractivity contribution in [2.24, 2.45) is 0 Å². The summed E-state index contributed by atoms with van der Waals surface area (Å²) in [6, 6.07) is 23.3. The molecule has 2 aromatic heterocycles. The Labute approximate surface area is 219 Å². The van der Waals surface area contributed by atoms with Gasteiger partial charge in [0.05, 0.1) is 11.3 Å². The van der Waals surface area contributed by atoms with Gasteiger partial charge in [-0.2, -0.15) is 13.2 Å². The van der Waals surface area contributed by atoms with E-state index >= 15 is 0 Å². The van der Waals surface area contributed by atoms with Gasteiger partial charge in [-0.05, 0) is 42.5 Å². The molecule has 7 nitrogen and oxygen atoms in total. The van der Waals surface area contributed by atoms with Gasteiger partial charge < -0.3 is 10.1 Å². The molecule has 0 atom stereocenters. The van der Waals surface area contributed by atoms with Crippen LogP contribution in [0.4, 0.5) is 18.9 Å². The number of halogens is 3. The van der Waals surface area contributed by atoms with Crippen molar-refractivity contribution in [3.63, 3.8) is 0 Å². The molecule has 2 heterocycles. The van der Waals surface area contributed by atoms with Crippen LogP contribution in [-0.4, -0.2) is 31.4 Å². The molecule has 0 aliphatic heterocycles. The summed E-state index contributed by atoms with van der Waals surface area (Å²) in [5.74, 6) is 0.539. The maximum absolute atomic E-state index is 13.0. The lowest BCUT2D eigenvalue weighted by molar-refractivity contribution is -0.137. The summed E-state index contributed by atoms with van der Waals surface area (Å²) in [6.07, 6.45) is -2.80. The van der Waals surface area contributed by atoms with E-state index in [1.165, 1.54) is 12.1 Å². The van der Waals surface area contributed by atoms with E-state index in [1.54, 1.807) is 10.8 Å². The van der Waals surface area contributed by atoms with E-state index in [1.807, 2.05) is 60.7 Å². The Morgan fingerprint density at radius 1 is 0.947 bits per heavy atom. The third kappa shape index (κ3) is 5.78. The van der Waals surface area contributed by atoms with E-state index < -0.39 is 17.6 Å². The first-order chi connectivity index (χ1) is 18.4. The van der Waals surface area contributed by atoms with Crippen LogP contribution in [0.2, 0.25) is 0 Å². The fourth-order valence-electron chi connectivity index (χ4n) is 3.76. The number of hydrogen-bond donors (Lipinski definition) is 1. The van der Waals surface area contributed by atoms with Gasteiger partial charge in [0.2, 0.25) is 5.91 Å². The van der Waals surface area contributed by atoms with Crippen molar-refractivity contribution in [3.05, 3.63) is 103 Å². The Morgan fingerprint density at radius 2 is 1.74 bits per heavy atom. The Bertz CT molecular complexity index is 1570. The molecule has 0 fully saturated rings. The van der Waals surface area contributed by atoms with Crippen molar-refractivity contribution < 1.29 is 22.7 Å². The molecular weight excluding hydrogens is 515 g/mol. The second kappa shape index (κ2) is 10.9. The first kappa shape index (κ1) is 25.3. The van der Waals surface area contributed by atoms with E-state index in [0.29, 0.717) is 16.7 Å². The molecule has 5 aromatic rings. The van der Waals surface area contributed by atoms with Gasteiger partial charge in [0.25, 0.3) is 0 Å². The Morgan fingerprint density at radius 3 is 2.55 bits per heavy atom. The number of rotatable bonds is 8. The molecule has 11 heteroatoms. The van der Waals surface area contributed by atoms with Crippen LogP contribution in [0.15, 0.2) is 96.3 Å². The number of para-hydroxylation sites is 2. The number of pyridine rings is 1. The monoisotopic (exact) mass is 535 g/mol. The number of nitrogens with one attached hydrogen (secondary N) is 1. The maximum atomic E-state index is 13.0. The third-order valence-corrected chi connectivity index (χ3v) is 6.40. The number of amides is 1. The number of hydrogen-bond acceptors (Lipinski definition) is 6. The number of aromatic nitrogens is 4. The van der Waals surface area contributed by atoms with E-state index in [0.717, 1.165) is 40.5 Å². The lowest BCUT2D eigenvalue weighted by Gasteiger charge is -2.12. The molecule has 5 rings (SSSR count). The zero-order valence-corrected chi connectivity index (χ0v) is 20.5. The maximum Gasteiger partial charge on any atom is 0.416 e. The highest BCUT2D eigenvalue weighted by Crippen LogP contribution is 2.31. The first-order valence-corrected chi connectivity index (χ1v) is 12.4. The molecule has 0 saturated carbocycles. The summed E-state index contributed by atoms with van der Waals surface area (Å²) in [5, 5.41) is 12.4. The zero-order valence-electron chi connectivity index (χ0n) is 19.7. The van der Waals surface area contributed by atoms with Crippen LogP contribution in [-0.2, 0) is 17.6 Å². The van der Waals surface area contributed by atoms with E-state index in [9.17, 15) is 18.0 Å². The van der Waals surface area contributed by atoms with Crippen molar-refractivity contribution in [1.82, 2.24) is 19.7 Å². The summed E-state index contributed by atoms with van der Waals surface area (Å²) in [7, 11) is 0. The van der Waals surface area contributed by atoms with Crippen LogP contribution in [0.5, 0.6) is 5.75 Å². The number of ether oxygens (including phenoxy) is 1. The predicted octanol–water partition coefficient (Wildman–Crippen LogP) is 6.14. The normalized spacial score (nSPS) is 11.4. The fraction of sp³-hybridized carbons (Fsp3) is 0.111. The Kier molecular flexibility index (Phi) is 7.27. The van der Waals surface area contributed by atoms with Crippen LogP contribution >= 0.6 is 11.8 Å². The first-order valence-electron chi connectivity index (χ1n) is 11.4. The largest absolute Gasteiger partial charge is 0.483 e. The second-order valence-corrected chi connectivity index (χ2v) is 9.05. The summed E-state index contributed by atoms with van der Waals surface area (Å²) in [6.45, 7) is 0.0918. The van der Waals surface area contributed by atoms with Crippen LogP contribution in [0.3, 0.4) is 0 Å². The van der Waals surface area contributed by atoms with Gasteiger partial charge in [0.15, 0.2) is 11.0 Å². The third-order valence-electron chi connectivity index (χ3n) is 5.47. The number of alkyl halides is 3. The number of nitrogens with zero attached hydrogens (tertiary/aromatic N) is 4. The average Bonchev–Trinajstić information content (AvgIpc) is 3.33. The van der Waals surface area contributed by atoms with Gasteiger partial charge in [-0.25, -0.2) is 0 Å². The molecule has 38 heavy (non-hydrogen) atoms. The average molecular weight is 536 g/mol. The summed E-state index contributed by atoms with van der Waals surface area (Å²) < 4.78 is 46.8. The zero-order chi connectivity index (χ0) is 26.5. The predicted molar refractivity (Wildman–Crippen MR) is 138 cm³/mol. The molecule has 1 N–H and O–H groups in total. The van der Waals surface area contributed by atoms with Crippen LogP contribution in [0.25, 0.3) is 16.6 Å². The van der Waals surface area contributed by atoms with Gasteiger partial charge in [0.1, 0.15) is 17.9 Å². The van der Waals surface area contributed by atoms with Crippen molar-refractivity contribution in [2.45, 2.75) is 17.9 Å². The molecule has 192 valence electrons. The Balaban J connectivity index is 1.33. The second-order valence-electron chi connectivity index (χ2n) is 8.11. The number of anilines is 1. The molecule has 0 radical (unpaired) electrons. The standard InChI is InChI=1S/C27H20F3N5O2S/c28-27(29,30)19-9-5-10-20(15-19)32-24(36)17-38-26-34-33-23(35(26)21-11-2-1-3-12-21)16-37-22-13-4-7-18-8-6-14-31-25(18)22/h1-15H,16-17H2,(H,32,36). The number of thioether (sulfide) groups is 1. The Hall–Kier alpha value is -4.38. The van der Waals surface area contributed by atoms with Gasteiger partial charge in [0, 0.05) is 23.0 Å². The molecule has 0 saturated heterocycles. The highest BCUT2D eigenvalue weighted by atomic mass is 32.2. The minimum Gasteiger partial charge on any atom is -0.483 e. The number of carbonyl (C=O) groups excluding carboxylic acids is 1. The molecule has 0 spiro atoms. The summed E-state index contributed by atoms with van der Waals surface area (Å²) >= 11 is 1.11. The lowest BCUT2D eigenvalue weighted by atomic mass is 10.2. The molecule has 0 aliphatic carbocycles.